The van der Waals surface area contributed by atoms with Crippen LogP contribution in [0.3, 0.4) is 0 Å². The van der Waals surface area contributed by atoms with E-state index in [4.69, 9.17) is 9.72 Å². The molecule has 0 radical (unpaired) electrons. The molecule has 2 aromatic carbocycles. The average molecular weight is 456 g/mol. The Morgan fingerprint density at radius 1 is 1.24 bits per heavy atom. The average Bonchev–Trinajstić information content (AvgIpc) is 3.03. The van der Waals surface area contributed by atoms with E-state index in [0.29, 0.717) is 13.1 Å². The van der Waals surface area contributed by atoms with Crippen LogP contribution >= 0.6 is 15.9 Å². The first-order chi connectivity index (χ1) is 13.9. The van der Waals surface area contributed by atoms with Crippen LogP contribution in [0.2, 0.25) is 0 Å². The predicted molar refractivity (Wildman–Crippen MR) is 121 cm³/mol. The van der Waals surface area contributed by atoms with Gasteiger partial charge in [-0.3, -0.25) is 4.79 Å². The summed E-state index contributed by atoms with van der Waals surface area (Å²) in [6.45, 7) is 9.20. The third-order valence-electron chi connectivity index (χ3n) is 4.67. The van der Waals surface area contributed by atoms with E-state index in [1.807, 2.05) is 50.2 Å². The molecule has 29 heavy (non-hydrogen) atoms. The Morgan fingerprint density at radius 2 is 2.03 bits per heavy atom. The predicted octanol–water partition coefficient (Wildman–Crippen LogP) is 4.69. The molecule has 0 saturated carbocycles. The van der Waals surface area contributed by atoms with Gasteiger partial charge in [-0.2, -0.15) is 0 Å². The van der Waals surface area contributed by atoms with Crippen molar-refractivity contribution in [3.05, 3.63) is 70.5 Å². The van der Waals surface area contributed by atoms with Crippen molar-refractivity contribution in [2.75, 3.05) is 13.2 Å². The molecule has 0 aliphatic rings. The van der Waals surface area contributed by atoms with E-state index < -0.39 is 0 Å². The minimum Gasteiger partial charge on any atom is -0.483 e. The molecule has 0 aliphatic carbocycles. The maximum Gasteiger partial charge on any atom is 0.257 e. The summed E-state index contributed by atoms with van der Waals surface area (Å²) < 4.78 is 8.72. The number of carbonyl (C=O) groups is 1. The van der Waals surface area contributed by atoms with Gasteiger partial charge in [0.1, 0.15) is 11.6 Å². The first kappa shape index (κ1) is 21.1. The molecule has 1 heterocycles. The number of allylic oxidation sites excluding steroid dienone is 1. The lowest BCUT2D eigenvalue weighted by Crippen LogP contribution is -2.30. The molecule has 0 atom stereocenters. The third-order valence-corrected chi connectivity index (χ3v) is 4.92. The SMILES string of the molecule is C=C(Br)Cn1c(CCCNC(=O)COc2cc(C)ccc2C)nc2ccccc21. The van der Waals surface area contributed by atoms with Gasteiger partial charge in [0, 0.05) is 17.4 Å². The summed E-state index contributed by atoms with van der Waals surface area (Å²) in [5.74, 6) is 1.63. The Balaban J connectivity index is 1.50. The molecule has 0 aliphatic heterocycles. The fourth-order valence-electron chi connectivity index (χ4n) is 3.20. The molecular weight excluding hydrogens is 430 g/mol. The second-order valence-corrected chi connectivity index (χ2v) is 8.25. The Kier molecular flexibility index (Phi) is 7.09. The van der Waals surface area contributed by atoms with Gasteiger partial charge in [0.15, 0.2) is 6.61 Å². The highest BCUT2D eigenvalue weighted by Crippen LogP contribution is 2.20. The van der Waals surface area contributed by atoms with Crippen molar-refractivity contribution >= 4 is 32.9 Å². The number of carbonyl (C=O) groups excluding carboxylic acids is 1. The summed E-state index contributed by atoms with van der Waals surface area (Å²) in [5.41, 5.74) is 4.20. The number of hydrogen-bond acceptors (Lipinski definition) is 3. The van der Waals surface area contributed by atoms with Crippen molar-refractivity contribution in [2.45, 2.75) is 33.2 Å². The first-order valence-corrected chi connectivity index (χ1v) is 10.5. The van der Waals surface area contributed by atoms with E-state index >= 15 is 0 Å². The zero-order valence-corrected chi connectivity index (χ0v) is 18.5. The normalized spacial score (nSPS) is 10.9. The van der Waals surface area contributed by atoms with Gasteiger partial charge in [0.2, 0.25) is 0 Å². The number of benzene rings is 2. The monoisotopic (exact) mass is 455 g/mol. The van der Waals surface area contributed by atoms with E-state index in [-0.39, 0.29) is 12.5 Å². The Hall–Kier alpha value is -2.60. The van der Waals surface area contributed by atoms with Gasteiger partial charge in [-0.25, -0.2) is 4.98 Å². The van der Waals surface area contributed by atoms with Crippen LogP contribution in [0.1, 0.15) is 23.4 Å². The molecule has 6 heteroatoms. The number of para-hydroxylation sites is 2. The minimum atomic E-state index is -0.117. The van der Waals surface area contributed by atoms with Gasteiger partial charge in [-0.05, 0) is 49.6 Å². The molecule has 0 fully saturated rings. The van der Waals surface area contributed by atoms with Crippen LogP contribution in [0.4, 0.5) is 0 Å². The van der Waals surface area contributed by atoms with Crippen LogP contribution in [0.25, 0.3) is 11.0 Å². The molecule has 0 bridgehead atoms. The molecular formula is C23H26BrN3O2. The van der Waals surface area contributed by atoms with Crippen LogP contribution in [-0.4, -0.2) is 28.6 Å². The second kappa shape index (κ2) is 9.74. The number of imidazole rings is 1. The first-order valence-electron chi connectivity index (χ1n) is 9.68. The number of fused-ring (bicyclic) bond motifs is 1. The summed E-state index contributed by atoms with van der Waals surface area (Å²) in [5, 5.41) is 2.92. The van der Waals surface area contributed by atoms with Crippen molar-refractivity contribution in [2.24, 2.45) is 0 Å². The van der Waals surface area contributed by atoms with Gasteiger partial charge in [0.25, 0.3) is 5.91 Å². The molecule has 152 valence electrons. The number of aromatic nitrogens is 2. The molecule has 3 aromatic rings. The highest BCUT2D eigenvalue weighted by molar-refractivity contribution is 9.11. The van der Waals surface area contributed by atoms with Crippen LogP contribution < -0.4 is 10.1 Å². The van der Waals surface area contributed by atoms with Crippen LogP contribution in [-0.2, 0) is 17.8 Å². The number of rotatable bonds is 9. The lowest BCUT2D eigenvalue weighted by molar-refractivity contribution is -0.123. The van der Waals surface area contributed by atoms with Crippen molar-refractivity contribution in [1.82, 2.24) is 14.9 Å². The smallest absolute Gasteiger partial charge is 0.257 e. The number of nitrogens with zero attached hydrogens (tertiary/aromatic N) is 2. The minimum absolute atomic E-state index is 0.0201. The largest absolute Gasteiger partial charge is 0.483 e. The number of halogens is 1. The zero-order chi connectivity index (χ0) is 20.8. The van der Waals surface area contributed by atoms with Crippen LogP contribution in [0.5, 0.6) is 5.75 Å². The number of ether oxygens (including phenoxy) is 1. The molecule has 0 unspecified atom stereocenters. The highest BCUT2D eigenvalue weighted by Gasteiger charge is 2.11. The van der Waals surface area contributed by atoms with E-state index in [1.165, 1.54) is 0 Å². The van der Waals surface area contributed by atoms with E-state index in [2.05, 4.69) is 38.5 Å². The van der Waals surface area contributed by atoms with Gasteiger partial charge in [-0.1, -0.05) is 46.8 Å². The summed E-state index contributed by atoms with van der Waals surface area (Å²) in [4.78, 5) is 16.8. The molecule has 5 nitrogen and oxygen atoms in total. The van der Waals surface area contributed by atoms with Crippen molar-refractivity contribution in [3.8, 4) is 5.75 Å². The van der Waals surface area contributed by atoms with Crippen molar-refractivity contribution < 1.29 is 9.53 Å². The lowest BCUT2D eigenvalue weighted by Gasteiger charge is -2.11. The Bertz CT molecular complexity index is 1030. The van der Waals surface area contributed by atoms with Gasteiger partial charge in [-0.15, -0.1) is 0 Å². The quantitative estimate of drug-likeness (QED) is 0.476. The molecule has 0 saturated heterocycles. The number of aryl methyl sites for hydroxylation is 3. The zero-order valence-electron chi connectivity index (χ0n) is 16.9. The van der Waals surface area contributed by atoms with E-state index in [9.17, 15) is 4.79 Å². The highest BCUT2D eigenvalue weighted by atomic mass is 79.9. The fraction of sp³-hybridized carbons (Fsp3) is 0.304. The van der Waals surface area contributed by atoms with E-state index in [0.717, 1.165) is 51.1 Å². The van der Waals surface area contributed by atoms with Gasteiger partial charge < -0.3 is 14.6 Å². The van der Waals surface area contributed by atoms with Crippen molar-refractivity contribution in [3.63, 3.8) is 0 Å². The molecule has 1 N–H and O–H groups in total. The molecule has 3 rings (SSSR count). The molecule has 0 spiro atoms. The van der Waals surface area contributed by atoms with Gasteiger partial charge in [0.05, 0.1) is 17.6 Å². The van der Waals surface area contributed by atoms with Crippen LogP contribution in [0, 0.1) is 13.8 Å². The van der Waals surface area contributed by atoms with Crippen LogP contribution in [0.15, 0.2) is 53.5 Å². The summed E-state index contributed by atoms with van der Waals surface area (Å²) in [6, 6.07) is 14.1. The maximum absolute atomic E-state index is 12.1. The Labute approximate surface area is 179 Å². The lowest BCUT2D eigenvalue weighted by atomic mass is 10.1. The summed E-state index contributed by atoms with van der Waals surface area (Å²) in [6.07, 6.45) is 1.57. The van der Waals surface area contributed by atoms with E-state index in [1.54, 1.807) is 0 Å². The number of amides is 1. The summed E-state index contributed by atoms with van der Waals surface area (Å²) >= 11 is 3.45. The standard InChI is InChI=1S/C23H26BrN3O2/c1-16-10-11-17(2)21(13-16)29-15-23(28)25-12-6-9-22-26-19-7-4-5-8-20(19)27(22)14-18(3)24/h4-5,7-8,10-11,13H,3,6,9,12,14-15H2,1-2H3,(H,25,28). The Morgan fingerprint density at radius 3 is 2.83 bits per heavy atom. The molecule has 1 amide bonds. The van der Waals surface area contributed by atoms with Crippen molar-refractivity contribution in [1.29, 1.82) is 0 Å². The van der Waals surface area contributed by atoms with Gasteiger partial charge >= 0.3 is 0 Å². The third kappa shape index (κ3) is 5.70. The number of hydrogen-bond donors (Lipinski definition) is 1. The maximum atomic E-state index is 12.1. The summed E-state index contributed by atoms with van der Waals surface area (Å²) in [7, 11) is 0. The molecule has 1 aromatic heterocycles. The second-order valence-electron chi connectivity index (χ2n) is 7.13. The number of nitrogens with one attached hydrogen (secondary N) is 1. The topological polar surface area (TPSA) is 56.2 Å². The fourth-order valence-corrected chi connectivity index (χ4v) is 3.45.